The average Bonchev–Trinajstić information content (AvgIpc) is 2.81. The molecular weight excluding hydrogens is 183 g/mol. The number of rotatable bonds is 6. The molecule has 0 radical (unpaired) electrons. The van der Waals surface area contributed by atoms with E-state index in [2.05, 4.69) is 0 Å². The Bertz CT molecular complexity index is 104. The number of alkyl halides is 2. The Morgan fingerprint density at radius 3 is 2.73 bits per heavy atom. The van der Waals surface area contributed by atoms with Crippen LogP contribution >= 0.6 is 23.2 Å². The summed E-state index contributed by atoms with van der Waals surface area (Å²) in [4.78, 5) is 0. The fourth-order valence-electron chi connectivity index (χ4n) is 1.05. The van der Waals surface area contributed by atoms with Crippen LogP contribution in [-0.2, 0) is 4.74 Å². The van der Waals surface area contributed by atoms with Crippen molar-refractivity contribution in [2.45, 2.75) is 37.2 Å². The first-order chi connectivity index (χ1) is 5.33. The van der Waals surface area contributed by atoms with E-state index in [1.807, 2.05) is 0 Å². The first kappa shape index (κ1) is 9.63. The summed E-state index contributed by atoms with van der Waals surface area (Å²) in [6.07, 6.45) is 5.22. The van der Waals surface area contributed by atoms with Crippen LogP contribution in [0.3, 0.4) is 0 Å². The Labute approximate surface area is 78.0 Å². The molecule has 0 saturated carbocycles. The SMILES string of the molecule is ClCC(Cl)CCCCC1CO1. The Morgan fingerprint density at radius 1 is 1.45 bits per heavy atom. The zero-order valence-corrected chi connectivity index (χ0v) is 8.07. The molecule has 0 aromatic carbocycles. The third kappa shape index (κ3) is 4.89. The van der Waals surface area contributed by atoms with Crippen LogP contribution in [0.25, 0.3) is 0 Å². The first-order valence-corrected chi connectivity index (χ1v) is 5.11. The molecule has 0 N–H and O–H groups in total. The second-order valence-corrected chi connectivity index (χ2v) is 3.92. The molecule has 1 aliphatic rings. The Kier molecular flexibility index (Phi) is 4.58. The van der Waals surface area contributed by atoms with E-state index < -0.39 is 0 Å². The molecule has 1 fully saturated rings. The minimum atomic E-state index is 0.164. The van der Waals surface area contributed by atoms with Crippen molar-refractivity contribution in [3.05, 3.63) is 0 Å². The highest BCUT2D eigenvalue weighted by atomic mass is 35.5. The van der Waals surface area contributed by atoms with Gasteiger partial charge in [0.15, 0.2) is 0 Å². The van der Waals surface area contributed by atoms with Crippen molar-refractivity contribution in [2.75, 3.05) is 12.5 Å². The highest BCUT2D eigenvalue weighted by Crippen LogP contribution is 2.18. The van der Waals surface area contributed by atoms with Crippen LogP contribution < -0.4 is 0 Å². The molecule has 1 aliphatic heterocycles. The molecule has 2 unspecified atom stereocenters. The number of epoxide rings is 1. The average molecular weight is 197 g/mol. The van der Waals surface area contributed by atoms with Gasteiger partial charge in [-0.2, -0.15) is 0 Å². The second kappa shape index (κ2) is 5.23. The lowest BCUT2D eigenvalue weighted by atomic mass is 10.1. The van der Waals surface area contributed by atoms with Crippen LogP contribution in [0.4, 0.5) is 0 Å². The maximum atomic E-state index is 5.83. The molecule has 3 heteroatoms. The minimum Gasteiger partial charge on any atom is -0.373 e. The highest BCUT2D eigenvalue weighted by Gasteiger charge is 2.21. The fourth-order valence-corrected chi connectivity index (χ4v) is 1.36. The van der Waals surface area contributed by atoms with Crippen molar-refractivity contribution in [2.24, 2.45) is 0 Å². The molecule has 1 heterocycles. The summed E-state index contributed by atoms with van der Waals surface area (Å²) in [6.45, 7) is 0.972. The number of hydrogen-bond donors (Lipinski definition) is 0. The second-order valence-electron chi connectivity index (χ2n) is 2.99. The predicted octanol–water partition coefficient (Wildman–Crippen LogP) is 2.79. The third-order valence-electron chi connectivity index (χ3n) is 1.86. The van der Waals surface area contributed by atoms with E-state index in [9.17, 15) is 0 Å². The molecule has 0 amide bonds. The van der Waals surface area contributed by atoms with Gasteiger partial charge in [0.25, 0.3) is 0 Å². The van der Waals surface area contributed by atoms with Gasteiger partial charge in [-0.05, 0) is 12.8 Å². The number of hydrogen-bond acceptors (Lipinski definition) is 1. The summed E-state index contributed by atoms with van der Waals surface area (Å²) in [5.41, 5.74) is 0. The zero-order valence-electron chi connectivity index (χ0n) is 6.56. The van der Waals surface area contributed by atoms with Gasteiger partial charge in [-0.1, -0.05) is 12.8 Å². The topological polar surface area (TPSA) is 12.5 Å². The van der Waals surface area contributed by atoms with Crippen molar-refractivity contribution in [1.29, 1.82) is 0 Å². The molecule has 11 heavy (non-hydrogen) atoms. The molecule has 1 rings (SSSR count). The molecule has 0 aromatic heterocycles. The van der Waals surface area contributed by atoms with Crippen molar-refractivity contribution in [3.8, 4) is 0 Å². The van der Waals surface area contributed by atoms with Crippen molar-refractivity contribution in [3.63, 3.8) is 0 Å². The minimum absolute atomic E-state index is 0.164. The summed E-state index contributed by atoms with van der Waals surface area (Å²) in [5, 5.41) is 0.164. The summed E-state index contributed by atoms with van der Waals surface area (Å²) in [7, 11) is 0. The fraction of sp³-hybridized carbons (Fsp3) is 1.00. The maximum Gasteiger partial charge on any atom is 0.0810 e. The standard InChI is InChI=1S/C8H14Cl2O/c9-5-7(10)3-1-2-4-8-6-11-8/h7-8H,1-6H2. The molecule has 0 bridgehead atoms. The lowest BCUT2D eigenvalue weighted by Crippen LogP contribution is -1.99. The lowest BCUT2D eigenvalue weighted by Gasteiger charge is -2.03. The van der Waals surface area contributed by atoms with Gasteiger partial charge in [-0.3, -0.25) is 0 Å². The zero-order chi connectivity index (χ0) is 8.10. The monoisotopic (exact) mass is 196 g/mol. The predicted molar refractivity (Wildman–Crippen MR) is 48.6 cm³/mol. The lowest BCUT2D eigenvalue weighted by molar-refractivity contribution is 0.388. The van der Waals surface area contributed by atoms with Crippen LogP contribution in [0.5, 0.6) is 0 Å². The van der Waals surface area contributed by atoms with Gasteiger partial charge in [0, 0.05) is 11.3 Å². The van der Waals surface area contributed by atoms with E-state index in [-0.39, 0.29) is 5.38 Å². The number of unbranched alkanes of at least 4 members (excludes halogenated alkanes) is 1. The Morgan fingerprint density at radius 2 is 2.18 bits per heavy atom. The van der Waals surface area contributed by atoms with Crippen LogP contribution in [0.2, 0.25) is 0 Å². The highest BCUT2D eigenvalue weighted by molar-refractivity contribution is 6.28. The molecule has 2 atom stereocenters. The van der Waals surface area contributed by atoms with Crippen LogP contribution in [-0.4, -0.2) is 24.0 Å². The van der Waals surface area contributed by atoms with E-state index in [1.165, 1.54) is 19.3 Å². The van der Waals surface area contributed by atoms with E-state index >= 15 is 0 Å². The van der Waals surface area contributed by atoms with Gasteiger partial charge in [0.2, 0.25) is 0 Å². The van der Waals surface area contributed by atoms with Crippen LogP contribution in [0, 0.1) is 0 Å². The van der Waals surface area contributed by atoms with Gasteiger partial charge in [0.1, 0.15) is 0 Å². The maximum absolute atomic E-state index is 5.83. The molecule has 1 nitrogen and oxygen atoms in total. The van der Waals surface area contributed by atoms with Gasteiger partial charge in [-0.25, -0.2) is 0 Å². The van der Waals surface area contributed by atoms with Gasteiger partial charge in [0.05, 0.1) is 12.7 Å². The summed E-state index contributed by atoms with van der Waals surface area (Å²) < 4.78 is 5.08. The van der Waals surface area contributed by atoms with Gasteiger partial charge < -0.3 is 4.74 Å². The Balaban J connectivity index is 1.79. The van der Waals surface area contributed by atoms with E-state index in [1.54, 1.807) is 0 Å². The van der Waals surface area contributed by atoms with Crippen LogP contribution in [0.15, 0.2) is 0 Å². The van der Waals surface area contributed by atoms with E-state index in [4.69, 9.17) is 27.9 Å². The first-order valence-electron chi connectivity index (χ1n) is 4.14. The summed E-state index contributed by atoms with van der Waals surface area (Å²) in [6, 6.07) is 0. The third-order valence-corrected chi connectivity index (χ3v) is 2.77. The summed E-state index contributed by atoms with van der Waals surface area (Å²) in [5.74, 6) is 0.571. The number of halogens is 2. The van der Waals surface area contributed by atoms with E-state index in [0.717, 1.165) is 13.0 Å². The van der Waals surface area contributed by atoms with Crippen molar-refractivity contribution in [1.82, 2.24) is 0 Å². The van der Waals surface area contributed by atoms with Gasteiger partial charge >= 0.3 is 0 Å². The Hall–Kier alpha value is 0.540. The smallest absolute Gasteiger partial charge is 0.0810 e. The van der Waals surface area contributed by atoms with Crippen molar-refractivity contribution < 1.29 is 4.74 Å². The molecule has 0 aromatic rings. The molecule has 0 spiro atoms. The van der Waals surface area contributed by atoms with Crippen molar-refractivity contribution >= 4 is 23.2 Å². The molecule has 0 aliphatic carbocycles. The van der Waals surface area contributed by atoms with Gasteiger partial charge in [-0.15, -0.1) is 23.2 Å². The normalized spacial score (nSPS) is 25.1. The molecule has 1 saturated heterocycles. The van der Waals surface area contributed by atoms with E-state index in [0.29, 0.717) is 12.0 Å². The molecule has 66 valence electrons. The largest absolute Gasteiger partial charge is 0.373 e. The number of ether oxygens (including phenoxy) is 1. The van der Waals surface area contributed by atoms with Crippen LogP contribution in [0.1, 0.15) is 25.7 Å². The summed E-state index contributed by atoms with van der Waals surface area (Å²) >= 11 is 11.4. The molecular formula is C8H14Cl2O. The quantitative estimate of drug-likeness (QED) is 0.362.